The van der Waals surface area contributed by atoms with Crippen LogP contribution in [0.25, 0.3) is 0 Å². The van der Waals surface area contributed by atoms with Gasteiger partial charge >= 0.3 is 0 Å². The number of rotatable bonds is 8. The van der Waals surface area contributed by atoms with Crippen molar-refractivity contribution >= 4 is 21.8 Å². The first-order valence-electron chi connectivity index (χ1n) is 4.72. The molecule has 2 N–H and O–H groups in total. The average Bonchev–Trinajstić information content (AvgIpc) is 2.14. The normalized spacial score (nSPS) is 14.2. The Morgan fingerprint density at radius 1 is 1.43 bits per heavy atom. The fraction of sp³-hybridized carbons (Fsp3) is 1.00. The van der Waals surface area contributed by atoms with E-state index in [4.69, 9.17) is 0 Å². The summed E-state index contributed by atoms with van der Waals surface area (Å²) >= 11 is 1.63. The van der Waals surface area contributed by atoms with Gasteiger partial charge in [0.25, 0.3) is 0 Å². The van der Waals surface area contributed by atoms with Crippen molar-refractivity contribution in [3.63, 3.8) is 0 Å². The summed E-state index contributed by atoms with van der Waals surface area (Å²) in [6.45, 7) is 5.49. The maximum absolute atomic E-state index is 11.6. The number of hydrogen-bond acceptors (Lipinski definition) is 4. The van der Waals surface area contributed by atoms with Crippen LogP contribution in [0.2, 0.25) is 0 Å². The summed E-state index contributed by atoms with van der Waals surface area (Å²) in [6.07, 6.45) is 1.95. The zero-order valence-corrected chi connectivity index (χ0v) is 10.7. The highest BCUT2D eigenvalue weighted by atomic mass is 32.2. The van der Waals surface area contributed by atoms with Gasteiger partial charge in [0.1, 0.15) is 0 Å². The third-order valence-corrected chi connectivity index (χ3v) is 4.27. The first-order chi connectivity index (χ1) is 6.54. The van der Waals surface area contributed by atoms with Crippen molar-refractivity contribution in [2.45, 2.75) is 19.1 Å². The van der Waals surface area contributed by atoms with E-state index in [9.17, 15) is 8.42 Å². The molecule has 0 saturated carbocycles. The third-order valence-electron chi connectivity index (χ3n) is 1.82. The highest BCUT2D eigenvalue weighted by Crippen LogP contribution is 1.97. The summed E-state index contributed by atoms with van der Waals surface area (Å²) in [7, 11) is -3.13. The van der Waals surface area contributed by atoms with E-state index in [1.807, 2.05) is 13.2 Å². The molecule has 0 spiro atoms. The van der Waals surface area contributed by atoms with Crippen molar-refractivity contribution in [3.05, 3.63) is 0 Å². The molecule has 0 heterocycles. The van der Waals surface area contributed by atoms with E-state index in [0.29, 0.717) is 13.1 Å². The van der Waals surface area contributed by atoms with E-state index < -0.39 is 10.0 Å². The number of nitrogens with one attached hydrogen (secondary N) is 2. The lowest BCUT2D eigenvalue weighted by atomic mass is 10.5. The molecule has 1 unspecified atom stereocenters. The molecular weight excluding hydrogens is 220 g/mol. The SMILES string of the molecule is CCNCC(C)S(=O)(=O)NCCSC. The minimum Gasteiger partial charge on any atom is -0.316 e. The maximum Gasteiger partial charge on any atom is 0.215 e. The molecule has 4 nitrogen and oxygen atoms in total. The van der Waals surface area contributed by atoms with Crippen LogP contribution in [-0.2, 0) is 10.0 Å². The fourth-order valence-electron chi connectivity index (χ4n) is 0.886. The van der Waals surface area contributed by atoms with Crippen LogP contribution in [0.5, 0.6) is 0 Å². The number of hydrogen-bond donors (Lipinski definition) is 2. The minimum absolute atomic E-state index is 0.371. The van der Waals surface area contributed by atoms with Crippen LogP contribution in [0.1, 0.15) is 13.8 Å². The van der Waals surface area contributed by atoms with Crippen LogP contribution in [0.4, 0.5) is 0 Å². The zero-order chi connectivity index (χ0) is 11.0. The molecule has 6 heteroatoms. The molecule has 0 fully saturated rings. The smallest absolute Gasteiger partial charge is 0.215 e. The van der Waals surface area contributed by atoms with Gasteiger partial charge in [-0.1, -0.05) is 6.92 Å². The van der Waals surface area contributed by atoms with E-state index in [1.165, 1.54) is 0 Å². The summed E-state index contributed by atoms with van der Waals surface area (Å²) in [5.41, 5.74) is 0. The number of sulfonamides is 1. The maximum atomic E-state index is 11.6. The molecular formula is C8H20N2O2S2. The highest BCUT2D eigenvalue weighted by molar-refractivity contribution is 7.98. The van der Waals surface area contributed by atoms with E-state index in [-0.39, 0.29) is 5.25 Å². The second-order valence-corrected chi connectivity index (χ2v) is 6.22. The molecule has 0 aliphatic carbocycles. The van der Waals surface area contributed by atoms with Gasteiger partial charge in [-0.2, -0.15) is 11.8 Å². The minimum atomic E-state index is -3.13. The van der Waals surface area contributed by atoms with Crippen LogP contribution in [0.3, 0.4) is 0 Å². The van der Waals surface area contributed by atoms with Crippen molar-refractivity contribution < 1.29 is 8.42 Å². The van der Waals surface area contributed by atoms with Crippen molar-refractivity contribution in [3.8, 4) is 0 Å². The fourth-order valence-corrected chi connectivity index (χ4v) is 2.33. The summed E-state index contributed by atoms with van der Waals surface area (Å²) in [5.74, 6) is 0.813. The Morgan fingerprint density at radius 2 is 2.07 bits per heavy atom. The molecule has 0 aromatic rings. The second kappa shape index (κ2) is 7.50. The Morgan fingerprint density at radius 3 is 2.57 bits per heavy atom. The van der Waals surface area contributed by atoms with Gasteiger partial charge in [-0.3, -0.25) is 0 Å². The summed E-state index contributed by atoms with van der Waals surface area (Å²) in [4.78, 5) is 0. The quantitative estimate of drug-likeness (QED) is 0.598. The van der Waals surface area contributed by atoms with Gasteiger partial charge in [0.05, 0.1) is 5.25 Å². The first-order valence-corrected chi connectivity index (χ1v) is 7.66. The molecule has 0 bridgehead atoms. The average molecular weight is 240 g/mol. The van der Waals surface area contributed by atoms with Gasteiger partial charge < -0.3 is 5.32 Å². The standard InChI is InChI=1S/C8H20N2O2S2/c1-4-9-7-8(2)14(11,12)10-5-6-13-3/h8-10H,4-7H2,1-3H3. The Bertz CT molecular complexity index is 229. The van der Waals surface area contributed by atoms with E-state index >= 15 is 0 Å². The molecule has 0 amide bonds. The van der Waals surface area contributed by atoms with Crippen molar-refractivity contribution in [1.82, 2.24) is 10.0 Å². The second-order valence-electron chi connectivity index (χ2n) is 3.05. The van der Waals surface area contributed by atoms with Crippen molar-refractivity contribution in [2.75, 3.05) is 31.6 Å². The molecule has 0 aliphatic rings. The molecule has 86 valence electrons. The van der Waals surface area contributed by atoms with Gasteiger partial charge in [0, 0.05) is 18.8 Å². The lowest BCUT2D eigenvalue weighted by Crippen LogP contribution is -2.39. The zero-order valence-electron chi connectivity index (χ0n) is 9.04. The molecule has 0 rings (SSSR count). The molecule has 0 aliphatic heterocycles. The summed E-state index contributed by atoms with van der Waals surface area (Å²) in [6, 6.07) is 0. The van der Waals surface area contributed by atoms with Crippen LogP contribution in [-0.4, -0.2) is 45.3 Å². The van der Waals surface area contributed by atoms with Gasteiger partial charge in [-0.15, -0.1) is 0 Å². The van der Waals surface area contributed by atoms with E-state index in [1.54, 1.807) is 18.7 Å². The summed E-state index contributed by atoms with van der Waals surface area (Å²) in [5, 5.41) is 2.65. The topological polar surface area (TPSA) is 58.2 Å². The van der Waals surface area contributed by atoms with Crippen LogP contribution in [0, 0.1) is 0 Å². The molecule has 0 saturated heterocycles. The van der Waals surface area contributed by atoms with Gasteiger partial charge in [-0.25, -0.2) is 13.1 Å². The van der Waals surface area contributed by atoms with Gasteiger partial charge in [0.15, 0.2) is 0 Å². The van der Waals surface area contributed by atoms with E-state index in [0.717, 1.165) is 12.3 Å². The Balaban J connectivity index is 3.91. The van der Waals surface area contributed by atoms with Crippen LogP contribution < -0.4 is 10.0 Å². The summed E-state index contributed by atoms with van der Waals surface area (Å²) < 4.78 is 25.7. The Labute approximate surface area is 91.3 Å². The molecule has 0 radical (unpaired) electrons. The van der Waals surface area contributed by atoms with Crippen molar-refractivity contribution in [1.29, 1.82) is 0 Å². The molecule has 0 aromatic heterocycles. The Kier molecular flexibility index (Phi) is 7.62. The number of thioether (sulfide) groups is 1. The van der Waals surface area contributed by atoms with Crippen molar-refractivity contribution in [2.24, 2.45) is 0 Å². The molecule has 1 atom stereocenters. The van der Waals surface area contributed by atoms with E-state index in [2.05, 4.69) is 10.0 Å². The third kappa shape index (κ3) is 5.85. The molecule has 14 heavy (non-hydrogen) atoms. The van der Waals surface area contributed by atoms with Gasteiger partial charge in [0.2, 0.25) is 10.0 Å². The van der Waals surface area contributed by atoms with Crippen LogP contribution >= 0.6 is 11.8 Å². The predicted octanol–water partition coefficient (Wildman–Crippen LogP) is 0.267. The molecule has 0 aromatic carbocycles. The monoisotopic (exact) mass is 240 g/mol. The van der Waals surface area contributed by atoms with Gasteiger partial charge in [-0.05, 0) is 19.7 Å². The predicted molar refractivity (Wildman–Crippen MR) is 63.3 cm³/mol. The Hall–Kier alpha value is 0.220. The van der Waals surface area contributed by atoms with Crippen LogP contribution in [0.15, 0.2) is 0 Å². The largest absolute Gasteiger partial charge is 0.316 e. The lowest BCUT2D eigenvalue weighted by Gasteiger charge is -2.13. The lowest BCUT2D eigenvalue weighted by molar-refractivity contribution is 0.562. The highest BCUT2D eigenvalue weighted by Gasteiger charge is 2.18. The first kappa shape index (κ1) is 14.2.